The first-order valence-electron chi connectivity index (χ1n) is 3.63. The Morgan fingerprint density at radius 3 is 2.92 bits per heavy atom. The van der Waals surface area contributed by atoms with Crippen molar-refractivity contribution in [1.29, 1.82) is 0 Å². The smallest absolute Gasteiger partial charge is 0.235 e. The first-order chi connectivity index (χ1) is 6.09. The van der Waals surface area contributed by atoms with Gasteiger partial charge in [0.15, 0.2) is 5.22 Å². The molecule has 0 saturated carbocycles. The third kappa shape index (κ3) is 2.91. The van der Waals surface area contributed by atoms with Gasteiger partial charge >= 0.3 is 0 Å². The van der Waals surface area contributed by atoms with Gasteiger partial charge in [0.25, 0.3) is 0 Å². The SMILES string of the molecule is C=C(Cl)OC1=CCC([N+](=O)[O-])C=C1. The first-order valence-corrected chi connectivity index (χ1v) is 4.01. The van der Waals surface area contributed by atoms with Crippen LogP contribution < -0.4 is 0 Å². The summed E-state index contributed by atoms with van der Waals surface area (Å²) in [4.78, 5) is 9.98. The van der Waals surface area contributed by atoms with E-state index >= 15 is 0 Å². The van der Waals surface area contributed by atoms with Crippen molar-refractivity contribution in [2.45, 2.75) is 12.5 Å². The summed E-state index contributed by atoms with van der Waals surface area (Å²) in [6, 6.07) is -0.657. The molecule has 0 aromatic heterocycles. The molecular formula is C8H8ClNO3. The van der Waals surface area contributed by atoms with E-state index in [2.05, 4.69) is 6.58 Å². The van der Waals surface area contributed by atoms with Crippen LogP contribution in [0.1, 0.15) is 6.42 Å². The van der Waals surface area contributed by atoms with Crippen molar-refractivity contribution in [1.82, 2.24) is 0 Å². The fourth-order valence-electron chi connectivity index (χ4n) is 0.949. The Bertz CT molecular complexity index is 296. The molecule has 1 aliphatic rings. The number of allylic oxidation sites excluding steroid dienone is 1. The molecule has 0 bridgehead atoms. The molecule has 0 N–H and O–H groups in total. The van der Waals surface area contributed by atoms with Crippen LogP contribution in [0.25, 0.3) is 0 Å². The lowest BCUT2D eigenvalue weighted by Gasteiger charge is -2.09. The van der Waals surface area contributed by atoms with Crippen molar-refractivity contribution in [2.24, 2.45) is 0 Å². The van der Waals surface area contributed by atoms with Crippen molar-refractivity contribution in [3.63, 3.8) is 0 Å². The number of hydrogen-bond donors (Lipinski definition) is 0. The minimum atomic E-state index is -0.657. The molecule has 0 aliphatic heterocycles. The van der Waals surface area contributed by atoms with Gasteiger partial charge in [0, 0.05) is 11.3 Å². The van der Waals surface area contributed by atoms with Gasteiger partial charge in [0.1, 0.15) is 5.76 Å². The van der Waals surface area contributed by atoms with E-state index < -0.39 is 6.04 Å². The third-order valence-electron chi connectivity index (χ3n) is 1.54. The van der Waals surface area contributed by atoms with Crippen LogP contribution in [0.5, 0.6) is 0 Å². The molecule has 0 fully saturated rings. The Balaban J connectivity index is 2.55. The monoisotopic (exact) mass is 201 g/mol. The molecule has 0 radical (unpaired) electrons. The van der Waals surface area contributed by atoms with E-state index in [9.17, 15) is 10.1 Å². The molecule has 13 heavy (non-hydrogen) atoms. The van der Waals surface area contributed by atoms with Gasteiger partial charge in [-0.05, 0) is 36.4 Å². The van der Waals surface area contributed by atoms with Crippen LogP contribution in [0.15, 0.2) is 35.8 Å². The second kappa shape index (κ2) is 4.09. The van der Waals surface area contributed by atoms with Crippen molar-refractivity contribution in [2.75, 3.05) is 0 Å². The summed E-state index contributed by atoms with van der Waals surface area (Å²) >= 11 is 5.38. The van der Waals surface area contributed by atoms with E-state index in [1.165, 1.54) is 12.2 Å². The second-order valence-electron chi connectivity index (χ2n) is 2.51. The van der Waals surface area contributed by atoms with Crippen molar-refractivity contribution < 1.29 is 9.66 Å². The van der Waals surface area contributed by atoms with Gasteiger partial charge in [-0.3, -0.25) is 10.1 Å². The molecule has 1 rings (SSSR count). The maximum absolute atomic E-state index is 10.3. The summed E-state index contributed by atoms with van der Waals surface area (Å²) in [5.41, 5.74) is 0. The van der Waals surface area contributed by atoms with Crippen LogP contribution >= 0.6 is 11.6 Å². The van der Waals surface area contributed by atoms with Crippen LogP contribution in [0.3, 0.4) is 0 Å². The Labute approximate surface area is 80.3 Å². The van der Waals surface area contributed by atoms with Crippen LogP contribution in [0, 0.1) is 10.1 Å². The highest BCUT2D eigenvalue weighted by Crippen LogP contribution is 2.17. The molecule has 1 unspecified atom stereocenters. The normalized spacial score (nSPS) is 20.7. The minimum absolute atomic E-state index is 0.0513. The lowest BCUT2D eigenvalue weighted by molar-refractivity contribution is -0.508. The Kier molecular flexibility index (Phi) is 3.08. The number of halogens is 1. The first kappa shape index (κ1) is 9.80. The molecule has 0 aromatic carbocycles. The summed E-state index contributed by atoms with van der Waals surface area (Å²) < 4.78 is 4.94. The van der Waals surface area contributed by atoms with Gasteiger partial charge in [-0.15, -0.1) is 0 Å². The maximum atomic E-state index is 10.3. The highest BCUT2D eigenvalue weighted by Gasteiger charge is 2.18. The highest BCUT2D eigenvalue weighted by molar-refractivity contribution is 6.28. The van der Waals surface area contributed by atoms with E-state index in [1.807, 2.05) is 0 Å². The molecule has 0 saturated heterocycles. The molecule has 1 aliphatic carbocycles. The minimum Gasteiger partial charge on any atom is -0.446 e. The summed E-state index contributed by atoms with van der Waals surface area (Å²) in [5.74, 6) is 0.498. The van der Waals surface area contributed by atoms with E-state index in [0.717, 1.165) is 0 Å². The van der Waals surface area contributed by atoms with Gasteiger partial charge in [-0.2, -0.15) is 0 Å². The molecule has 70 valence electrons. The fraction of sp³-hybridized carbons (Fsp3) is 0.250. The number of rotatable bonds is 3. The van der Waals surface area contributed by atoms with E-state index in [-0.39, 0.29) is 10.1 Å². The van der Waals surface area contributed by atoms with Crippen LogP contribution in [-0.2, 0) is 4.74 Å². The molecule has 1 atom stereocenters. The van der Waals surface area contributed by atoms with Crippen molar-refractivity contribution in [3.05, 3.63) is 45.9 Å². The molecular weight excluding hydrogens is 194 g/mol. The fourth-order valence-corrected chi connectivity index (χ4v) is 1.04. The Morgan fingerprint density at radius 2 is 2.54 bits per heavy atom. The second-order valence-corrected chi connectivity index (χ2v) is 2.93. The van der Waals surface area contributed by atoms with E-state index in [0.29, 0.717) is 12.2 Å². The van der Waals surface area contributed by atoms with E-state index in [1.54, 1.807) is 6.08 Å². The largest absolute Gasteiger partial charge is 0.446 e. The number of nitrogens with zero attached hydrogens (tertiary/aromatic N) is 1. The lowest BCUT2D eigenvalue weighted by atomic mass is 10.1. The summed E-state index contributed by atoms with van der Waals surface area (Å²) in [7, 11) is 0. The standard InChI is InChI=1S/C8H8ClNO3/c1-6(9)13-8-4-2-7(3-5-8)10(11)12/h2,4-5,7H,1,3H2. The van der Waals surface area contributed by atoms with Crippen molar-refractivity contribution >= 4 is 11.6 Å². The summed E-state index contributed by atoms with van der Waals surface area (Å²) in [5, 5.41) is 10.4. The highest BCUT2D eigenvalue weighted by atomic mass is 35.5. The Hall–Kier alpha value is -1.29. The van der Waals surface area contributed by atoms with E-state index in [4.69, 9.17) is 16.3 Å². The molecule has 0 aromatic rings. The van der Waals surface area contributed by atoms with Crippen LogP contribution in [-0.4, -0.2) is 11.0 Å². The lowest BCUT2D eigenvalue weighted by Crippen LogP contribution is -2.17. The molecule has 0 heterocycles. The zero-order valence-corrected chi connectivity index (χ0v) is 7.53. The van der Waals surface area contributed by atoms with Gasteiger partial charge < -0.3 is 4.74 Å². The zero-order valence-electron chi connectivity index (χ0n) is 6.77. The molecule has 4 nitrogen and oxygen atoms in total. The predicted molar refractivity (Wildman–Crippen MR) is 48.7 cm³/mol. The Morgan fingerprint density at radius 1 is 1.85 bits per heavy atom. The van der Waals surface area contributed by atoms with Gasteiger partial charge in [0.05, 0.1) is 0 Å². The molecule has 0 spiro atoms. The number of ether oxygens (including phenoxy) is 1. The van der Waals surface area contributed by atoms with Crippen molar-refractivity contribution in [3.8, 4) is 0 Å². The predicted octanol–water partition coefficient (Wildman–Crippen LogP) is 2.20. The number of hydrogen-bond acceptors (Lipinski definition) is 3. The van der Waals surface area contributed by atoms with Gasteiger partial charge in [0.2, 0.25) is 6.04 Å². The van der Waals surface area contributed by atoms with Gasteiger partial charge in [-0.1, -0.05) is 0 Å². The topological polar surface area (TPSA) is 52.4 Å². The summed E-state index contributed by atoms with van der Waals surface area (Å²) in [6.07, 6.45) is 4.92. The average Bonchev–Trinajstić information content (AvgIpc) is 2.04. The number of nitro groups is 1. The summed E-state index contributed by atoms with van der Waals surface area (Å²) in [6.45, 7) is 3.34. The van der Waals surface area contributed by atoms with Gasteiger partial charge in [-0.25, -0.2) is 0 Å². The van der Waals surface area contributed by atoms with Crippen LogP contribution in [0.4, 0.5) is 0 Å². The third-order valence-corrected chi connectivity index (χ3v) is 1.62. The molecule has 0 amide bonds. The molecule has 5 heteroatoms. The quantitative estimate of drug-likeness (QED) is 0.400. The zero-order chi connectivity index (χ0) is 9.84. The van der Waals surface area contributed by atoms with Crippen LogP contribution in [0.2, 0.25) is 0 Å². The average molecular weight is 202 g/mol. The maximum Gasteiger partial charge on any atom is 0.235 e.